The average Bonchev–Trinajstić information content (AvgIpc) is 2.24. The zero-order valence-electron chi connectivity index (χ0n) is 9.98. The molecule has 0 unspecified atom stereocenters. The van der Waals surface area contributed by atoms with Crippen molar-refractivity contribution in [3.63, 3.8) is 0 Å². The number of halogens is 10. The first kappa shape index (κ1) is 20.0. The second-order valence-electron chi connectivity index (χ2n) is 4.25. The molecule has 0 amide bonds. The molecule has 0 aliphatic carbocycles. The number of allylic oxidation sites excluding steroid dienone is 1. The zero-order chi connectivity index (χ0) is 16.6. The molecule has 120 valence electrons. The molecule has 0 nitrogen and oxygen atoms in total. The quantitative estimate of drug-likeness (QED) is 0.235. The van der Waals surface area contributed by atoms with Crippen molar-refractivity contribution in [2.75, 3.05) is 0 Å². The molecule has 11 heteroatoms. The molecule has 0 fully saturated rings. The van der Waals surface area contributed by atoms with Crippen LogP contribution in [0.15, 0.2) is 12.7 Å². The van der Waals surface area contributed by atoms with Gasteiger partial charge in [0.25, 0.3) is 0 Å². The summed E-state index contributed by atoms with van der Waals surface area (Å²) in [6, 6.07) is -0.867. The second-order valence-corrected chi connectivity index (χ2v) is 12.5. The Kier molecular flexibility index (Phi) is 5.63. The van der Waals surface area contributed by atoms with Crippen LogP contribution in [0.1, 0.15) is 6.42 Å². The third-order valence-corrected chi connectivity index (χ3v) is 4.67. The Morgan fingerprint density at radius 3 is 1.65 bits per heavy atom. The number of alkyl halides is 8. The van der Waals surface area contributed by atoms with Gasteiger partial charge in [-0.15, -0.1) is 22.2 Å². The van der Waals surface area contributed by atoms with Gasteiger partial charge in [-0.1, -0.05) is 6.58 Å². The number of rotatable bonds is 7. The van der Waals surface area contributed by atoms with Crippen molar-refractivity contribution in [1.29, 1.82) is 0 Å². The average molecular weight is 369 g/mol. The van der Waals surface area contributed by atoms with E-state index in [4.69, 9.17) is 22.2 Å². The van der Waals surface area contributed by atoms with Gasteiger partial charge < -0.3 is 0 Å². The molecule has 0 aromatic carbocycles. The normalized spacial score (nSPS) is 15.3. The molecule has 0 N–H and O–H groups in total. The van der Waals surface area contributed by atoms with E-state index in [1.807, 2.05) is 0 Å². The van der Waals surface area contributed by atoms with Crippen molar-refractivity contribution in [1.82, 2.24) is 0 Å². The molecule has 0 bridgehead atoms. The summed E-state index contributed by atoms with van der Waals surface area (Å²) in [5.74, 6) is -23.5. The molecule has 0 heterocycles. The summed E-state index contributed by atoms with van der Waals surface area (Å²) in [6.07, 6.45) is -2.64. The van der Waals surface area contributed by atoms with Crippen LogP contribution in [0.2, 0.25) is 12.6 Å². The van der Waals surface area contributed by atoms with Crippen LogP contribution in [0.3, 0.4) is 0 Å². The van der Waals surface area contributed by atoms with Gasteiger partial charge in [0.2, 0.25) is 6.69 Å². The van der Waals surface area contributed by atoms with Crippen molar-refractivity contribution >= 4 is 28.9 Å². The number of hydrogen-bond donors (Lipinski definition) is 0. The molecule has 0 saturated carbocycles. The summed E-state index contributed by atoms with van der Waals surface area (Å²) in [5, 5.41) is 0. The van der Waals surface area contributed by atoms with Crippen LogP contribution in [-0.4, -0.2) is 30.4 Å². The zero-order valence-corrected chi connectivity index (χ0v) is 12.5. The second kappa shape index (κ2) is 5.64. The predicted octanol–water partition coefficient (Wildman–Crippen LogP) is 5.65. The van der Waals surface area contributed by atoms with Crippen LogP contribution in [0.5, 0.6) is 0 Å². The Bertz CT molecular complexity index is 363. The lowest BCUT2D eigenvalue weighted by Gasteiger charge is -2.36. The van der Waals surface area contributed by atoms with Crippen LogP contribution < -0.4 is 0 Å². The molecule has 0 aliphatic rings. The van der Waals surface area contributed by atoms with E-state index in [1.54, 1.807) is 0 Å². The molecule has 0 aromatic heterocycles. The van der Waals surface area contributed by atoms with Crippen molar-refractivity contribution in [2.24, 2.45) is 0 Å². The standard InChI is InChI=1S/C9H10Cl2F8Si/c1-3-6(12,13)8(16,17)9(18,19)7(14,15)4-5-20(2,10)11/h3H,1,4-5H2,2H3. The lowest BCUT2D eigenvalue weighted by atomic mass is 9.97. The largest absolute Gasteiger partial charge is 0.381 e. The maximum atomic E-state index is 13.2. The summed E-state index contributed by atoms with van der Waals surface area (Å²) >= 11 is 10.8. The fourth-order valence-electron chi connectivity index (χ4n) is 1.10. The fourth-order valence-corrected chi connectivity index (χ4v) is 2.42. The summed E-state index contributed by atoms with van der Waals surface area (Å²) in [4.78, 5) is 0. The van der Waals surface area contributed by atoms with E-state index in [0.717, 1.165) is 6.55 Å². The Labute approximate surface area is 120 Å². The molecule has 20 heavy (non-hydrogen) atoms. The van der Waals surface area contributed by atoms with Crippen molar-refractivity contribution < 1.29 is 35.1 Å². The van der Waals surface area contributed by atoms with Crippen LogP contribution in [0, 0.1) is 0 Å². The molecule has 0 atom stereocenters. The van der Waals surface area contributed by atoms with Crippen LogP contribution in [0.25, 0.3) is 0 Å². The van der Waals surface area contributed by atoms with E-state index in [2.05, 4.69) is 6.58 Å². The highest BCUT2D eigenvalue weighted by Crippen LogP contribution is 2.54. The topological polar surface area (TPSA) is 0 Å². The van der Waals surface area contributed by atoms with Gasteiger partial charge in [0, 0.05) is 6.42 Å². The molecule has 0 rings (SSSR count). The minimum Gasteiger partial charge on any atom is -0.200 e. The molecule has 0 saturated heterocycles. The highest BCUT2D eigenvalue weighted by molar-refractivity contribution is 7.44. The minimum atomic E-state index is -6.30. The summed E-state index contributed by atoms with van der Waals surface area (Å²) < 4.78 is 104. The van der Waals surface area contributed by atoms with Gasteiger partial charge in [-0.3, -0.25) is 0 Å². The maximum Gasteiger partial charge on any atom is 0.381 e. The Balaban J connectivity index is 5.44. The van der Waals surface area contributed by atoms with E-state index in [1.165, 1.54) is 0 Å². The summed E-state index contributed by atoms with van der Waals surface area (Å²) in [5.41, 5.74) is 0. The lowest BCUT2D eigenvalue weighted by molar-refractivity contribution is -0.355. The Morgan fingerprint density at radius 2 is 1.35 bits per heavy atom. The van der Waals surface area contributed by atoms with Gasteiger partial charge in [-0.05, 0) is 18.7 Å². The van der Waals surface area contributed by atoms with E-state index in [0.29, 0.717) is 0 Å². The predicted molar refractivity (Wildman–Crippen MR) is 62.7 cm³/mol. The van der Waals surface area contributed by atoms with Crippen molar-refractivity contribution in [3.8, 4) is 0 Å². The molecule has 0 aliphatic heterocycles. The van der Waals surface area contributed by atoms with Gasteiger partial charge in [0.05, 0.1) is 0 Å². The highest BCUT2D eigenvalue weighted by Gasteiger charge is 2.79. The Morgan fingerprint density at radius 1 is 0.950 bits per heavy atom. The lowest BCUT2D eigenvalue weighted by Crippen LogP contribution is -2.61. The monoisotopic (exact) mass is 368 g/mol. The molecule has 0 aromatic rings. The van der Waals surface area contributed by atoms with Crippen LogP contribution in [0.4, 0.5) is 35.1 Å². The molecular formula is C9H10Cl2F8Si. The Hall–Kier alpha value is -0.0231. The SMILES string of the molecule is C=CC(F)(F)C(F)(F)C(F)(F)C(F)(F)CC[Si](C)(Cl)Cl. The van der Waals surface area contributed by atoms with Gasteiger partial charge in [0.1, 0.15) is 0 Å². The smallest absolute Gasteiger partial charge is 0.200 e. The third kappa shape index (κ3) is 3.79. The number of hydrogen-bond acceptors (Lipinski definition) is 0. The van der Waals surface area contributed by atoms with Gasteiger partial charge >= 0.3 is 23.7 Å². The first-order chi connectivity index (χ1) is 8.52. The van der Waals surface area contributed by atoms with E-state index >= 15 is 0 Å². The van der Waals surface area contributed by atoms with Crippen LogP contribution in [-0.2, 0) is 0 Å². The van der Waals surface area contributed by atoms with Crippen LogP contribution >= 0.6 is 22.2 Å². The van der Waals surface area contributed by atoms with Crippen molar-refractivity contribution in [3.05, 3.63) is 12.7 Å². The summed E-state index contributed by atoms with van der Waals surface area (Å²) in [7, 11) is 0. The molecular weight excluding hydrogens is 359 g/mol. The van der Waals surface area contributed by atoms with Gasteiger partial charge in [0.15, 0.2) is 0 Å². The fraction of sp³-hybridized carbons (Fsp3) is 0.778. The molecule has 0 radical (unpaired) electrons. The van der Waals surface area contributed by atoms with Crippen molar-refractivity contribution in [2.45, 2.75) is 42.7 Å². The van der Waals surface area contributed by atoms with E-state index < -0.39 is 48.9 Å². The maximum absolute atomic E-state index is 13.2. The third-order valence-electron chi connectivity index (χ3n) is 2.41. The first-order valence-electron chi connectivity index (χ1n) is 5.04. The minimum absolute atomic E-state index is 0.807. The summed E-state index contributed by atoms with van der Waals surface area (Å²) in [6.45, 7) is 0.0534. The molecule has 0 spiro atoms. The van der Waals surface area contributed by atoms with E-state index in [-0.39, 0.29) is 0 Å². The van der Waals surface area contributed by atoms with E-state index in [9.17, 15) is 35.1 Å². The van der Waals surface area contributed by atoms with Gasteiger partial charge in [-0.2, -0.15) is 35.1 Å². The first-order valence-corrected chi connectivity index (χ1v) is 9.77. The highest BCUT2D eigenvalue weighted by atomic mass is 35.7. The van der Waals surface area contributed by atoms with Gasteiger partial charge in [-0.25, -0.2) is 0 Å².